The van der Waals surface area contributed by atoms with E-state index in [4.69, 9.17) is 17.1 Å². The van der Waals surface area contributed by atoms with E-state index in [9.17, 15) is 5.11 Å². The zero-order chi connectivity index (χ0) is 14.5. The van der Waals surface area contributed by atoms with E-state index in [-0.39, 0.29) is 6.04 Å². The fourth-order valence-electron chi connectivity index (χ4n) is 2.23. The van der Waals surface area contributed by atoms with Gasteiger partial charge in [-0.3, -0.25) is 0 Å². The van der Waals surface area contributed by atoms with Crippen molar-refractivity contribution in [2.24, 2.45) is 4.99 Å². The summed E-state index contributed by atoms with van der Waals surface area (Å²) in [6.45, 7) is 3.58. The molecule has 0 aliphatic rings. The van der Waals surface area contributed by atoms with Gasteiger partial charge in [-0.05, 0) is 18.3 Å². The van der Waals surface area contributed by atoms with Crippen LogP contribution in [0.15, 0.2) is 48.1 Å². The SMILES string of the molecule is C=CC(O)CC(N=C=S)c1cn(OC)c2ccccc12. The smallest absolute Gasteiger partial charge is 0.104 e. The highest BCUT2D eigenvalue weighted by atomic mass is 32.1. The standard InChI is InChI=1S/C15H16N2O2S/c1-3-11(18)8-14(16-10-20)13-9-17(19-2)15-7-5-4-6-12(13)15/h3-7,9,11,14,18H,1,8H2,2H3. The first-order valence-corrected chi connectivity index (χ1v) is 6.64. The number of thiocarbonyl (C=S) groups is 1. The largest absolute Gasteiger partial charge is 0.417 e. The minimum absolute atomic E-state index is 0.276. The predicted octanol–water partition coefficient (Wildman–Crippen LogP) is 2.78. The molecule has 0 saturated heterocycles. The van der Waals surface area contributed by atoms with Crippen molar-refractivity contribution in [3.05, 3.63) is 48.7 Å². The number of aliphatic imine (C=N–C) groups is 1. The molecule has 0 bridgehead atoms. The molecule has 2 unspecified atom stereocenters. The lowest BCUT2D eigenvalue weighted by Crippen LogP contribution is -2.08. The molecule has 1 aromatic heterocycles. The number of rotatable bonds is 6. The molecule has 104 valence electrons. The number of aliphatic hydroxyl groups is 1. The molecular weight excluding hydrogens is 272 g/mol. The van der Waals surface area contributed by atoms with Gasteiger partial charge < -0.3 is 9.94 Å². The third-order valence-electron chi connectivity index (χ3n) is 3.21. The quantitative estimate of drug-likeness (QED) is 0.505. The van der Waals surface area contributed by atoms with E-state index in [1.54, 1.807) is 11.8 Å². The number of benzene rings is 1. The van der Waals surface area contributed by atoms with Gasteiger partial charge in [-0.2, -0.15) is 4.73 Å². The minimum atomic E-state index is -0.642. The van der Waals surface area contributed by atoms with Gasteiger partial charge in [0.2, 0.25) is 0 Å². The van der Waals surface area contributed by atoms with Gasteiger partial charge in [0.15, 0.2) is 0 Å². The van der Waals surface area contributed by atoms with Crippen LogP contribution in [0.3, 0.4) is 0 Å². The van der Waals surface area contributed by atoms with Crippen molar-refractivity contribution in [1.82, 2.24) is 4.73 Å². The van der Waals surface area contributed by atoms with Gasteiger partial charge in [-0.25, -0.2) is 4.99 Å². The number of aromatic nitrogens is 1. The highest BCUT2D eigenvalue weighted by Crippen LogP contribution is 2.31. The molecule has 1 N–H and O–H groups in total. The van der Waals surface area contributed by atoms with E-state index < -0.39 is 6.10 Å². The third-order valence-corrected chi connectivity index (χ3v) is 3.32. The minimum Gasteiger partial charge on any atom is -0.417 e. The summed E-state index contributed by atoms with van der Waals surface area (Å²) < 4.78 is 1.68. The fraction of sp³-hybridized carbons (Fsp3) is 0.267. The van der Waals surface area contributed by atoms with Crippen LogP contribution in [0.5, 0.6) is 0 Å². The lowest BCUT2D eigenvalue weighted by Gasteiger charge is -2.12. The van der Waals surface area contributed by atoms with E-state index in [0.29, 0.717) is 6.42 Å². The van der Waals surface area contributed by atoms with Gasteiger partial charge in [0.1, 0.15) is 7.11 Å². The Morgan fingerprint density at radius 3 is 2.95 bits per heavy atom. The summed E-state index contributed by atoms with van der Waals surface area (Å²) in [7, 11) is 1.60. The Morgan fingerprint density at radius 1 is 1.55 bits per heavy atom. The van der Waals surface area contributed by atoms with Gasteiger partial charge in [0.05, 0.1) is 29.0 Å². The summed E-state index contributed by atoms with van der Waals surface area (Å²) in [5.74, 6) is 0. The molecule has 2 aromatic rings. The molecule has 0 spiro atoms. The van der Waals surface area contributed by atoms with Crippen molar-refractivity contribution < 1.29 is 9.94 Å². The van der Waals surface area contributed by atoms with Crippen LogP contribution in [-0.4, -0.2) is 28.2 Å². The Morgan fingerprint density at radius 2 is 2.30 bits per heavy atom. The average Bonchev–Trinajstić information content (AvgIpc) is 2.85. The van der Waals surface area contributed by atoms with E-state index in [1.165, 1.54) is 6.08 Å². The molecule has 5 heteroatoms. The maximum absolute atomic E-state index is 9.77. The number of para-hydroxylation sites is 1. The number of isothiocyanates is 1. The third kappa shape index (κ3) is 2.80. The average molecular weight is 288 g/mol. The molecule has 0 saturated carbocycles. The van der Waals surface area contributed by atoms with Crippen molar-refractivity contribution in [3.63, 3.8) is 0 Å². The second-order valence-electron chi connectivity index (χ2n) is 4.38. The Hall–Kier alpha value is -1.94. The summed E-state index contributed by atoms with van der Waals surface area (Å²) in [4.78, 5) is 9.48. The van der Waals surface area contributed by atoms with Crippen LogP contribution in [0.1, 0.15) is 18.0 Å². The second-order valence-corrected chi connectivity index (χ2v) is 4.57. The molecule has 0 radical (unpaired) electrons. The lowest BCUT2D eigenvalue weighted by atomic mass is 10.0. The molecule has 2 atom stereocenters. The monoisotopic (exact) mass is 288 g/mol. The van der Waals surface area contributed by atoms with Crippen LogP contribution < -0.4 is 4.84 Å². The summed E-state index contributed by atoms with van der Waals surface area (Å²) in [5.41, 5.74) is 1.89. The Balaban J connectivity index is 2.52. The van der Waals surface area contributed by atoms with E-state index in [1.807, 2.05) is 30.5 Å². The van der Waals surface area contributed by atoms with Crippen molar-refractivity contribution >= 4 is 28.3 Å². The maximum Gasteiger partial charge on any atom is 0.104 e. The number of aliphatic hydroxyl groups excluding tert-OH is 1. The topological polar surface area (TPSA) is 46.8 Å². The molecule has 2 rings (SSSR count). The van der Waals surface area contributed by atoms with Crippen LogP contribution in [-0.2, 0) is 0 Å². The highest BCUT2D eigenvalue weighted by molar-refractivity contribution is 7.78. The normalized spacial score (nSPS) is 13.5. The Bertz CT molecular complexity index is 659. The number of nitrogens with zero attached hydrogens (tertiary/aromatic N) is 2. The zero-order valence-corrected chi connectivity index (χ0v) is 12.0. The van der Waals surface area contributed by atoms with Gasteiger partial charge in [-0.15, -0.1) is 6.58 Å². The van der Waals surface area contributed by atoms with E-state index in [0.717, 1.165) is 16.5 Å². The summed E-state index contributed by atoms with van der Waals surface area (Å²) >= 11 is 4.71. The maximum atomic E-state index is 9.77. The van der Waals surface area contributed by atoms with Gasteiger partial charge in [0, 0.05) is 17.4 Å². The van der Waals surface area contributed by atoms with Crippen molar-refractivity contribution in [2.75, 3.05) is 7.11 Å². The summed E-state index contributed by atoms with van der Waals surface area (Å²) in [6.07, 6.45) is 3.12. The highest BCUT2D eigenvalue weighted by Gasteiger charge is 2.19. The molecule has 1 heterocycles. The molecule has 0 amide bonds. The van der Waals surface area contributed by atoms with Crippen molar-refractivity contribution in [3.8, 4) is 0 Å². The second kappa shape index (κ2) is 6.48. The zero-order valence-electron chi connectivity index (χ0n) is 11.2. The first-order chi connectivity index (χ1) is 9.71. The van der Waals surface area contributed by atoms with E-state index >= 15 is 0 Å². The summed E-state index contributed by atoms with van der Waals surface area (Å²) in [6, 6.07) is 7.57. The Labute approximate surface area is 123 Å². The van der Waals surface area contributed by atoms with Crippen LogP contribution in [0.25, 0.3) is 10.9 Å². The lowest BCUT2D eigenvalue weighted by molar-refractivity contribution is 0.177. The fourth-order valence-corrected chi connectivity index (χ4v) is 2.36. The van der Waals surface area contributed by atoms with E-state index in [2.05, 4.69) is 16.7 Å². The predicted molar refractivity (Wildman–Crippen MR) is 83.0 cm³/mol. The van der Waals surface area contributed by atoms with Crippen LogP contribution in [0.4, 0.5) is 0 Å². The molecule has 1 aromatic carbocycles. The molecule has 0 aliphatic heterocycles. The number of hydrogen-bond donors (Lipinski definition) is 1. The first-order valence-electron chi connectivity index (χ1n) is 6.23. The van der Waals surface area contributed by atoms with Crippen LogP contribution in [0.2, 0.25) is 0 Å². The molecule has 4 nitrogen and oxygen atoms in total. The Kier molecular flexibility index (Phi) is 4.69. The van der Waals surface area contributed by atoms with Crippen molar-refractivity contribution in [2.45, 2.75) is 18.6 Å². The van der Waals surface area contributed by atoms with Crippen LogP contribution in [0, 0.1) is 0 Å². The summed E-state index contributed by atoms with van der Waals surface area (Å²) in [5, 5.41) is 13.2. The molecule has 0 fully saturated rings. The molecular formula is C15H16N2O2S. The number of fused-ring (bicyclic) bond motifs is 1. The molecule has 20 heavy (non-hydrogen) atoms. The first kappa shape index (κ1) is 14.5. The van der Waals surface area contributed by atoms with Gasteiger partial charge >= 0.3 is 0 Å². The van der Waals surface area contributed by atoms with Crippen molar-refractivity contribution in [1.29, 1.82) is 0 Å². The van der Waals surface area contributed by atoms with Gasteiger partial charge in [-0.1, -0.05) is 24.3 Å². The van der Waals surface area contributed by atoms with Crippen LogP contribution >= 0.6 is 12.2 Å². The molecule has 0 aliphatic carbocycles. The number of hydrogen-bond acceptors (Lipinski definition) is 4. The van der Waals surface area contributed by atoms with Gasteiger partial charge in [0.25, 0.3) is 0 Å².